The lowest BCUT2D eigenvalue weighted by Gasteiger charge is -2.46. The van der Waals surface area contributed by atoms with Crippen molar-refractivity contribution in [1.82, 2.24) is 4.90 Å². The topological polar surface area (TPSA) is 40.5 Å². The normalized spacial score (nSPS) is 17.6. The number of hydrogen-bond donors (Lipinski definition) is 1. The molecule has 0 aromatic heterocycles. The first-order valence-corrected chi connectivity index (χ1v) is 7.61. The van der Waals surface area contributed by atoms with E-state index >= 15 is 0 Å². The van der Waals surface area contributed by atoms with Crippen LogP contribution in [0.2, 0.25) is 0 Å². The maximum Gasteiger partial charge on any atom is 0.222 e. The zero-order chi connectivity index (χ0) is 13.4. The van der Waals surface area contributed by atoms with Crippen molar-refractivity contribution in [3.8, 4) is 0 Å². The van der Waals surface area contributed by atoms with E-state index in [1.54, 1.807) is 4.90 Å². The molecule has 0 spiro atoms. The average molecular weight is 255 g/mol. The first kappa shape index (κ1) is 15.5. The molecule has 0 atom stereocenters. The minimum Gasteiger partial charge on any atom is -0.386 e. The highest BCUT2D eigenvalue weighted by molar-refractivity contribution is 5.77. The molecule has 1 aliphatic rings. The van der Waals surface area contributed by atoms with Crippen molar-refractivity contribution in [3.63, 3.8) is 0 Å². The Kier molecular flexibility index (Phi) is 6.69. The molecule has 0 aromatic rings. The number of hydrogen-bond acceptors (Lipinski definition) is 2. The summed E-state index contributed by atoms with van der Waals surface area (Å²) in [4.78, 5) is 13.6. The Hall–Kier alpha value is -0.570. The Morgan fingerprint density at radius 1 is 1.06 bits per heavy atom. The Bertz CT molecular complexity index is 247. The SMILES string of the molecule is CCCCCCCCCC(=O)N1CC(O)(CC)C1. The lowest BCUT2D eigenvalue weighted by Crippen LogP contribution is -2.63. The van der Waals surface area contributed by atoms with E-state index in [1.807, 2.05) is 6.92 Å². The van der Waals surface area contributed by atoms with E-state index in [9.17, 15) is 9.90 Å². The third-order valence-corrected chi connectivity index (χ3v) is 3.98. The summed E-state index contributed by atoms with van der Waals surface area (Å²) in [5.41, 5.74) is -0.587. The first-order chi connectivity index (χ1) is 8.61. The van der Waals surface area contributed by atoms with Crippen molar-refractivity contribution in [2.75, 3.05) is 13.1 Å². The van der Waals surface area contributed by atoms with Crippen molar-refractivity contribution in [2.24, 2.45) is 0 Å². The molecule has 3 heteroatoms. The van der Waals surface area contributed by atoms with Crippen LogP contribution in [-0.2, 0) is 4.79 Å². The Labute approximate surface area is 112 Å². The van der Waals surface area contributed by atoms with Crippen LogP contribution in [0.3, 0.4) is 0 Å². The fourth-order valence-corrected chi connectivity index (χ4v) is 2.46. The maximum absolute atomic E-state index is 11.8. The molecule has 106 valence electrons. The number of likely N-dealkylation sites (tertiary alicyclic amines) is 1. The number of β-amino-alcohol motifs (C(OH)–C–C–N with tert-alkyl or cyclic N) is 1. The molecule has 0 aromatic carbocycles. The number of carbonyl (C=O) groups excluding carboxylic acids is 1. The Morgan fingerprint density at radius 2 is 1.61 bits per heavy atom. The highest BCUT2D eigenvalue weighted by Crippen LogP contribution is 2.25. The van der Waals surface area contributed by atoms with Crippen molar-refractivity contribution < 1.29 is 9.90 Å². The Balaban J connectivity index is 1.95. The molecule has 0 aliphatic carbocycles. The summed E-state index contributed by atoms with van der Waals surface area (Å²) in [5, 5.41) is 9.84. The molecular formula is C15H29NO2. The smallest absolute Gasteiger partial charge is 0.222 e. The molecule has 0 saturated carbocycles. The van der Waals surface area contributed by atoms with Gasteiger partial charge in [-0.3, -0.25) is 4.79 Å². The number of unbranched alkanes of at least 4 members (excludes halogenated alkanes) is 6. The maximum atomic E-state index is 11.8. The van der Waals surface area contributed by atoms with E-state index < -0.39 is 5.60 Å². The third kappa shape index (κ3) is 4.97. The van der Waals surface area contributed by atoms with Gasteiger partial charge in [-0.25, -0.2) is 0 Å². The first-order valence-electron chi connectivity index (χ1n) is 7.61. The molecule has 0 bridgehead atoms. The molecule has 1 fully saturated rings. The Morgan fingerprint density at radius 3 is 2.17 bits per heavy atom. The van der Waals surface area contributed by atoms with E-state index in [-0.39, 0.29) is 5.91 Å². The molecule has 1 N–H and O–H groups in total. The lowest BCUT2D eigenvalue weighted by atomic mass is 9.91. The van der Waals surface area contributed by atoms with Gasteiger partial charge in [0, 0.05) is 6.42 Å². The van der Waals surface area contributed by atoms with Gasteiger partial charge >= 0.3 is 0 Å². The van der Waals surface area contributed by atoms with Crippen LogP contribution in [-0.4, -0.2) is 34.6 Å². The van der Waals surface area contributed by atoms with Crippen LogP contribution in [0.1, 0.15) is 71.6 Å². The second-order valence-corrected chi connectivity index (χ2v) is 5.70. The second-order valence-electron chi connectivity index (χ2n) is 5.70. The molecule has 1 saturated heterocycles. The number of carbonyl (C=O) groups is 1. The summed E-state index contributed by atoms with van der Waals surface area (Å²) in [6.45, 7) is 5.28. The summed E-state index contributed by atoms with van der Waals surface area (Å²) in [6.07, 6.45) is 10.1. The van der Waals surface area contributed by atoms with Gasteiger partial charge in [0.2, 0.25) is 5.91 Å². The second kappa shape index (κ2) is 7.78. The monoisotopic (exact) mass is 255 g/mol. The standard InChI is InChI=1S/C15H29NO2/c1-3-5-6-7-8-9-10-11-14(17)16-12-15(18,4-2)13-16/h18H,3-13H2,1-2H3. The van der Waals surface area contributed by atoms with Gasteiger partial charge in [-0.05, 0) is 12.8 Å². The largest absolute Gasteiger partial charge is 0.386 e. The van der Waals surface area contributed by atoms with E-state index in [4.69, 9.17) is 0 Å². The minimum atomic E-state index is -0.587. The van der Waals surface area contributed by atoms with Gasteiger partial charge in [0.05, 0.1) is 18.7 Å². The van der Waals surface area contributed by atoms with Crippen molar-refractivity contribution in [3.05, 3.63) is 0 Å². The quantitative estimate of drug-likeness (QED) is 0.643. The molecule has 1 aliphatic heterocycles. The highest BCUT2D eigenvalue weighted by Gasteiger charge is 2.41. The van der Waals surface area contributed by atoms with Crippen LogP contribution in [0.15, 0.2) is 0 Å². The zero-order valence-corrected chi connectivity index (χ0v) is 12.1. The number of aliphatic hydroxyl groups is 1. The molecule has 1 heterocycles. The summed E-state index contributed by atoms with van der Waals surface area (Å²) < 4.78 is 0. The van der Waals surface area contributed by atoms with E-state index in [0.717, 1.165) is 12.8 Å². The van der Waals surface area contributed by atoms with E-state index in [0.29, 0.717) is 19.5 Å². The van der Waals surface area contributed by atoms with Crippen LogP contribution in [0.25, 0.3) is 0 Å². The van der Waals surface area contributed by atoms with Gasteiger partial charge in [-0.2, -0.15) is 0 Å². The van der Waals surface area contributed by atoms with Crippen molar-refractivity contribution >= 4 is 5.91 Å². The fourth-order valence-electron chi connectivity index (χ4n) is 2.46. The molecule has 18 heavy (non-hydrogen) atoms. The summed E-state index contributed by atoms with van der Waals surface area (Å²) in [6, 6.07) is 0. The zero-order valence-electron chi connectivity index (χ0n) is 12.1. The van der Waals surface area contributed by atoms with Crippen molar-refractivity contribution in [2.45, 2.75) is 77.2 Å². The molecule has 1 rings (SSSR count). The predicted octanol–water partition coefficient (Wildman–Crippen LogP) is 3.11. The summed E-state index contributed by atoms with van der Waals surface area (Å²) >= 11 is 0. The number of rotatable bonds is 9. The number of amides is 1. The van der Waals surface area contributed by atoms with Crippen LogP contribution < -0.4 is 0 Å². The minimum absolute atomic E-state index is 0.224. The van der Waals surface area contributed by atoms with Gasteiger partial charge in [-0.1, -0.05) is 52.4 Å². The van der Waals surface area contributed by atoms with E-state index in [2.05, 4.69) is 6.92 Å². The van der Waals surface area contributed by atoms with Gasteiger partial charge < -0.3 is 10.0 Å². The predicted molar refractivity (Wildman–Crippen MR) is 74.4 cm³/mol. The van der Waals surface area contributed by atoms with Crippen LogP contribution in [0.4, 0.5) is 0 Å². The van der Waals surface area contributed by atoms with Gasteiger partial charge in [-0.15, -0.1) is 0 Å². The van der Waals surface area contributed by atoms with Gasteiger partial charge in [0.15, 0.2) is 0 Å². The van der Waals surface area contributed by atoms with E-state index in [1.165, 1.54) is 38.5 Å². The van der Waals surface area contributed by atoms with Crippen LogP contribution in [0.5, 0.6) is 0 Å². The average Bonchev–Trinajstić information content (AvgIpc) is 2.33. The highest BCUT2D eigenvalue weighted by atomic mass is 16.3. The molecule has 3 nitrogen and oxygen atoms in total. The summed E-state index contributed by atoms with van der Waals surface area (Å²) in [5.74, 6) is 0.224. The molecule has 0 unspecified atom stereocenters. The van der Waals surface area contributed by atoms with Gasteiger partial charge in [0.25, 0.3) is 0 Å². The van der Waals surface area contributed by atoms with Crippen LogP contribution >= 0.6 is 0 Å². The number of nitrogens with zero attached hydrogens (tertiary/aromatic N) is 1. The molecule has 0 radical (unpaired) electrons. The van der Waals surface area contributed by atoms with Crippen molar-refractivity contribution in [1.29, 1.82) is 0 Å². The lowest BCUT2D eigenvalue weighted by molar-refractivity contribution is -0.155. The van der Waals surface area contributed by atoms with Crippen LogP contribution in [0, 0.1) is 0 Å². The van der Waals surface area contributed by atoms with Gasteiger partial charge in [0.1, 0.15) is 0 Å². The molecule has 1 amide bonds. The fraction of sp³-hybridized carbons (Fsp3) is 0.933. The molecular weight excluding hydrogens is 226 g/mol. The third-order valence-electron chi connectivity index (χ3n) is 3.98. The summed E-state index contributed by atoms with van der Waals surface area (Å²) in [7, 11) is 0.